The smallest absolute Gasteiger partial charge is 0.306 e. The summed E-state index contributed by atoms with van der Waals surface area (Å²) in [5.41, 5.74) is 2.27. The minimum absolute atomic E-state index is 0.258. The summed E-state index contributed by atoms with van der Waals surface area (Å²) < 4.78 is 13.1. The van der Waals surface area contributed by atoms with Gasteiger partial charge in [-0.3, -0.25) is 4.79 Å². The number of hydrogen-bond donors (Lipinski definition) is 1. The van der Waals surface area contributed by atoms with Gasteiger partial charge in [-0.15, -0.1) is 0 Å². The van der Waals surface area contributed by atoms with Crippen LogP contribution >= 0.6 is 11.6 Å². The third-order valence-corrected chi connectivity index (χ3v) is 3.98. The number of carboxylic acids is 1. The van der Waals surface area contributed by atoms with Crippen molar-refractivity contribution >= 4 is 17.6 Å². The quantitative estimate of drug-likeness (QED) is 0.926. The molecule has 1 unspecified atom stereocenters. The average Bonchev–Trinajstić information content (AvgIpc) is 2.46. The molecule has 3 rings (SSSR count). The van der Waals surface area contributed by atoms with Gasteiger partial charge in [-0.25, -0.2) is 14.4 Å². The molecule has 1 aromatic carbocycles. The van der Waals surface area contributed by atoms with Crippen LogP contribution in [0.3, 0.4) is 0 Å². The first kappa shape index (κ1) is 13.9. The van der Waals surface area contributed by atoms with Gasteiger partial charge in [-0.2, -0.15) is 0 Å². The van der Waals surface area contributed by atoms with Gasteiger partial charge >= 0.3 is 5.97 Å². The molecule has 1 atom stereocenters. The molecule has 0 radical (unpaired) electrons. The van der Waals surface area contributed by atoms with Crippen molar-refractivity contribution in [2.75, 3.05) is 0 Å². The first-order valence-electron chi connectivity index (χ1n) is 6.57. The van der Waals surface area contributed by atoms with Crippen LogP contribution < -0.4 is 0 Å². The van der Waals surface area contributed by atoms with Gasteiger partial charge in [0.25, 0.3) is 0 Å². The van der Waals surface area contributed by atoms with E-state index in [1.165, 1.54) is 12.1 Å². The number of benzene rings is 1. The van der Waals surface area contributed by atoms with Crippen LogP contribution in [0.4, 0.5) is 4.39 Å². The molecule has 108 valence electrons. The number of nitrogens with zero attached hydrogens (tertiary/aromatic N) is 2. The lowest BCUT2D eigenvalue weighted by Crippen LogP contribution is -2.23. The number of fused-ring (bicyclic) bond motifs is 1. The number of halogens is 2. The highest BCUT2D eigenvalue weighted by Crippen LogP contribution is 2.29. The molecular formula is C15H12ClFN2O2. The summed E-state index contributed by atoms with van der Waals surface area (Å²) in [6.07, 6.45) is 3.26. The number of hydrogen-bond acceptors (Lipinski definition) is 3. The Morgan fingerprint density at radius 3 is 2.95 bits per heavy atom. The van der Waals surface area contributed by atoms with Crippen molar-refractivity contribution in [1.82, 2.24) is 9.97 Å². The maximum atomic E-state index is 13.1. The van der Waals surface area contributed by atoms with Crippen LogP contribution in [0.15, 0.2) is 24.4 Å². The van der Waals surface area contributed by atoms with Crippen molar-refractivity contribution in [1.29, 1.82) is 0 Å². The fraction of sp³-hybridized carbons (Fsp3) is 0.267. The summed E-state index contributed by atoms with van der Waals surface area (Å²) >= 11 is 6.01. The Morgan fingerprint density at radius 1 is 1.43 bits per heavy atom. The Bertz CT molecular complexity index is 721. The molecule has 1 aromatic heterocycles. The summed E-state index contributed by atoms with van der Waals surface area (Å²) in [5, 5.41) is 9.32. The SMILES string of the molecule is O=C(O)C1CCc2nc(-c3ccc(F)cc3Cl)ncc2C1. The van der Waals surface area contributed by atoms with E-state index in [9.17, 15) is 9.18 Å². The molecule has 0 bridgehead atoms. The molecule has 0 aliphatic heterocycles. The second kappa shape index (κ2) is 5.41. The molecule has 1 aliphatic carbocycles. The second-order valence-electron chi connectivity index (χ2n) is 5.07. The third-order valence-electron chi connectivity index (χ3n) is 3.67. The lowest BCUT2D eigenvalue weighted by Gasteiger charge is -2.20. The van der Waals surface area contributed by atoms with Gasteiger partial charge in [0.2, 0.25) is 0 Å². The zero-order valence-corrected chi connectivity index (χ0v) is 11.8. The summed E-state index contributed by atoms with van der Waals surface area (Å²) in [4.78, 5) is 19.7. The van der Waals surface area contributed by atoms with E-state index in [0.29, 0.717) is 30.7 Å². The normalized spacial score (nSPS) is 17.3. The first-order chi connectivity index (χ1) is 10.0. The summed E-state index contributed by atoms with van der Waals surface area (Å²) in [7, 11) is 0. The highest BCUT2D eigenvalue weighted by atomic mass is 35.5. The predicted molar refractivity (Wildman–Crippen MR) is 75.6 cm³/mol. The molecule has 0 saturated heterocycles. The lowest BCUT2D eigenvalue weighted by atomic mass is 9.87. The topological polar surface area (TPSA) is 63.1 Å². The molecule has 1 heterocycles. The number of rotatable bonds is 2. The van der Waals surface area contributed by atoms with Crippen LogP contribution in [0.1, 0.15) is 17.7 Å². The molecule has 6 heteroatoms. The number of carboxylic acid groups (broad SMARTS) is 1. The van der Waals surface area contributed by atoms with Crippen LogP contribution in [-0.2, 0) is 17.6 Å². The fourth-order valence-corrected chi connectivity index (χ4v) is 2.77. The summed E-state index contributed by atoms with van der Waals surface area (Å²) in [6, 6.07) is 4.08. The van der Waals surface area contributed by atoms with Gasteiger partial charge < -0.3 is 5.11 Å². The largest absolute Gasteiger partial charge is 0.481 e. The minimum atomic E-state index is -0.786. The molecule has 0 amide bonds. The van der Waals surface area contributed by atoms with Gasteiger partial charge in [-0.1, -0.05) is 11.6 Å². The molecule has 2 aromatic rings. The maximum absolute atomic E-state index is 13.1. The van der Waals surface area contributed by atoms with E-state index in [-0.39, 0.29) is 10.9 Å². The second-order valence-corrected chi connectivity index (χ2v) is 5.47. The number of aliphatic carboxylic acids is 1. The third kappa shape index (κ3) is 2.74. The van der Waals surface area contributed by atoms with Crippen molar-refractivity contribution in [2.45, 2.75) is 19.3 Å². The standard InChI is InChI=1S/C15H12ClFN2O2/c16-12-6-10(17)2-3-11(12)14-18-7-9-5-8(15(20)21)1-4-13(9)19-14/h2-3,6-8H,1,4-5H2,(H,20,21). The van der Waals surface area contributed by atoms with Crippen LogP contribution in [0.2, 0.25) is 5.02 Å². The van der Waals surface area contributed by atoms with Crippen molar-refractivity contribution in [3.8, 4) is 11.4 Å². The van der Waals surface area contributed by atoms with E-state index in [4.69, 9.17) is 16.7 Å². The Balaban J connectivity index is 1.95. The summed E-state index contributed by atoms with van der Waals surface area (Å²) in [6.45, 7) is 0. The molecule has 0 spiro atoms. The Morgan fingerprint density at radius 2 is 2.24 bits per heavy atom. The highest BCUT2D eigenvalue weighted by Gasteiger charge is 2.25. The number of aromatic nitrogens is 2. The van der Waals surface area contributed by atoms with E-state index in [1.54, 1.807) is 12.3 Å². The Labute approximate surface area is 125 Å². The number of aryl methyl sites for hydroxylation is 1. The van der Waals surface area contributed by atoms with E-state index >= 15 is 0 Å². The van der Waals surface area contributed by atoms with Crippen molar-refractivity contribution in [3.63, 3.8) is 0 Å². The molecule has 1 N–H and O–H groups in total. The highest BCUT2D eigenvalue weighted by molar-refractivity contribution is 6.33. The summed E-state index contributed by atoms with van der Waals surface area (Å²) in [5.74, 6) is -1.13. The van der Waals surface area contributed by atoms with Crippen LogP contribution in [-0.4, -0.2) is 21.0 Å². The van der Waals surface area contributed by atoms with Crippen LogP contribution in [0.25, 0.3) is 11.4 Å². The van der Waals surface area contributed by atoms with Gasteiger partial charge in [0.05, 0.1) is 10.9 Å². The van der Waals surface area contributed by atoms with Crippen molar-refractivity contribution in [2.24, 2.45) is 5.92 Å². The van der Waals surface area contributed by atoms with Gasteiger partial charge in [0.1, 0.15) is 5.82 Å². The molecule has 0 saturated carbocycles. The number of carbonyl (C=O) groups is 1. The van der Waals surface area contributed by atoms with E-state index in [1.807, 2.05) is 0 Å². The van der Waals surface area contributed by atoms with Gasteiger partial charge in [0.15, 0.2) is 5.82 Å². The van der Waals surface area contributed by atoms with Crippen LogP contribution in [0, 0.1) is 11.7 Å². The Kier molecular flexibility index (Phi) is 3.59. The van der Waals surface area contributed by atoms with Crippen LogP contribution in [0.5, 0.6) is 0 Å². The molecule has 1 aliphatic rings. The zero-order chi connectivity index (χ0) is 15.0. The predicted octanol–water partition coefficient (Wildman–Crippen LogP) is 3.13. The Hall–Kier alpha value is -2.01. The monoisotopic (exact) mass is 306 g/mol. The van der Waals surface area contributed by atoms with E-state index in [2.05, 4.69) is 9.97 Å². The van der Waals surface area contributed by atoms with Gasteiger partial charge in [0, 0.05) is 17.5 Å². The van der Waals surface area contributed by atoms with Gasteiger partial charge in [-0.05, 0) is 43.0 Å². The minimum Gasteiger partial charge on any atom is -0.481 e. The maximum Gasteiger partial charge on any atom is 0.306 e. The fourth-order valence-electron chi connectivity index (χ4n) is 2.52. The van der Waals surface area contributed by atoms with Crippen molar-refractivity contribution in [3.05, 3.63) is 46.5 Å². The lowest BCUT2D eigenvalue weighted by molar-refractivity contribution is -0.142. The molecular weight excluding hydrogens is 295 g/mol. The van der Waals surface area contributed by atoms with E-state index < -0.39 is 11.8 Å². The zero-order valence-electron chi connectivity index (χ0n) is 11.0. The first-order valence-corrected chi connectivity index (χ1v) is 6.95. The molecule has 0 fully saturated rings. The molecule has 4 nitrogen and oxygen atoms in total. The van der Waals surface area contributed by atoms with E-state index in [0.717, 1.165) is 11.3 Å². The molecule has 21 heavy (non-hydrogen) atoms. The van der Waals surface area contributed by atoms with Crippen molar-refractivity contribution < 1.29 is 14.3 Å². The average molecular weight is 307 g/mol.